The van der Waals surface area contributed by atoms with E-state index in [1.807, 2.05) is 0 Å². The van der Waals surface area contributed by atoms with Crippen LogP contribution in [-0.2, 0) is 16.2 Å². The van der Waals surface area contributed by atoms with Crippen LogP contribution in [0, 0.1) is 11.3 Å². The van der Waals surface area contributed by atoms with Gasteiger partial charge in [0.05, 0.1) is 49.3 Å². The first kappa shape index (κ1) is 18.7. The van der Waals surface area contributed by atoms with E-state index in [1.165, 1.54) is 15.3 Å². The summed E-state index contributed by atoms with van der Waals surface area (Å²) in [6.45, 7) is 2.50. The molecule has 1 fully saturated rings. The highest BCUT2D eigenvalue weighted by atomic mass is 32.2. The van der Waals surface area contributed by atoms with E-state index >= 15 is 0 Å². The molecular formula is C15H19F3N3O2S+. The second-order valence-corrected chi connectivity index (χ2v) is 7.63. The molecule has 0 saturated carbocycles. The molecule has 0 aromatic heterocycles. The van der Waals surface area contributed by atoms with Gasteiger partial charge in [0.1, 0.15) is 0 Å². The standard InChI is InChI=1S/C15H18F3N3O2S/c16-15(17,18)13-4-3-5-14(12-13)24(22,23)21-10-8-20(9-11-21)7-2-1-6-19/h3-5,12H,1-2,7-11H2/p+1. The van der Waals surface area contributed by atoms with E-state index in [0.717, 1.165) is 25.1 Å². The Morgan fingerprint density at radius 1 is 1.25 bits per heavy atom. The minimum atomic E-state index is -4.57. The third-order valence-corrected chi connectivity index (χ3v) is 5.94. The molecule has 0 atom stereocenters. The molecule has 1 aromatic carbocycles. The van der Waals surface area contributed by atoms with Crippen LogP contribution in [-0.4, -0.2) is 45.4 Å². The Morgan fingerprint density at radius 2 is 1.92 bits per heavy atom. The van der Waals surface area contributed by atoms with E-state index in [4.69, 9.17) is 5.26 Å². The topological polar surface area (TPSA) is 65.6 Å². The highest BCUT2D eigenvalue weighted by Gasteiger charge is 2.34. The second-order valence-electron chi connectivity index (χ2n) is 5.69. The summed E-state index contributed by atoms with van der Waals surface area (Å²) in [4.78, 5) is 0.881. The van der Waals surface area contributed by atoms with E-state index in [0.29, 0.717) is 25.6 Å². The predicted molar refractivity (Wildman–Crippen MR) is 80.6 cm³/mol. The molecule has 0 radical (unpaired) electrons. The number of piperazine rings is 1. The van der Waals surface area contributed by atoms with E-state index in [9.17, 15) is 21.6 Å². The Kier molecular flexibility index (Phi) is 5.85. The number of alkyl halides is 3. The van der Waals surface area contributed by atoms with Gasteiger partial charge in [0.15, 0.2) is 0 Å². The fourth-order valence-electron chi connectivity index (χ4n) is 2.69. The average Bonchev–Trinajstić information content (AvgIpc) is 2.55. The van der Waals surface area contributed by atoms with Crippen molar-refractivity contribution >= 4 is 10.0 Å². The van der Waals surface area contributed by atoms with Crippen molar-refractivity contribution in [3.05, 3.63) is 29.8 Å². The first-order valence-electron chi connectivity index (χ1n) is 7.63. The summed E-state index contributed by atoms with van der Waals surface area (Å²) in [7, 11) is -3.93. The molecule has 1 aliphatic heterocycles. The number of sulfonamides is 1. The minimum absolute atomic E-state index is 0.264. The van der Waals surface area contributed by atoms with Crippen LogP contribution in [0.15, 0.2) is 29.2 Å². The van der Waals surface area contributed by atoms with Gasteiger partial charge in [-0.05, 0) is 18.2 Å². The second kappa shape index (κ2) is 7.51. The van der Waals surface area contributed by atoms with Crippen LogP contribution in [0.1, 0.15) is 18.4 Å². The molecule has 0 spiro atoms. The fourth-order valence-corrected chi connectivity index (χ4v) is 4.18. The third-order valence-electron chi connectivity index (χ3n) is 4.05. The largest absolute Gasteiger partial charge is 0.416 e. The van der Waals surface area contributed by atoms with Gasteiger partial charge >= 0.3 is 6.18 Å². The Morgan fingerprint density at radius 3 is 2.50 bits per heavy atom. The molecule has 5 nitrogen and oxygen atoms in total. The Balaban J connectivity index is 2.06. The van der Waals surface area contributed by atoms with Crippen molar-refractivity contribution in [1.82, 2.24) is 4.31 Å². The van der Waals surface area contributed by atoms with Crippen molar-refractivity contribution in [2.24, 2.45) is 0 Å². The molecular weight excluding hydrogens is 343 g/mol. The fraction of sp³-hybridized carbons (Fsp3) is 0.533. The summed E-state index contributed by atoms with van der Waals surface area (Å²) >= 11 is 0. The Labute approximate surface area is 139 Å². The molecule has 0 aliphatic carbocycles. The monoisotopic (exact) mass is 362 g/mol. The van der Waals surface area contributed by atoms with Gasteiger partial charge in [-0.3, -0.25) is 0 Å². The SMILES string of the molecule is N#CCCC[NH+]1CCN(S(=O)(=O)c2cccc(C(F)(F)F)c2)CC1. The van der Waals surface area contributed by atoms with Gasteiger partial charge < -0.3 is 4.90 Å². The van der Waals surface area contributed by atoms with Crippen LogP contribution in [0.5, 0.6) is 0 Å². The number of nitriles is 1. The lowest BCUT2D eigenvalue weighted by Crippen LogP contribution is -3.14. The molecule has 1 saturated heterocycles. The Hall–Kier alpha value is -1.63. The summed E-state index contributed by atoms with van der Waals surface area (Å²) in [5.74, 6) is 0. The minimum Gasteiger partial charge on any atom is -0.333 e. The molecule has 0 unspecified atom stereocenters. The number of quaternary nitrogens is 1. The number of benzene rings is 1. The summed E-state index contributed by atoms with van der Waals surface area (Å²) in [6, 6.07) is 5.91. The maximum atomic E-state index is 12.8. The number of rotatable bonds is 5. The number of hydrogen-bond donors (Lipinski definition) is 1. The number of unbranched alkanes of at least 4 members (excludes halogenated alkanes) is 1. The average molecular weight is 362 g/mol. The zero-order chi connectivity index (χ0) is 17.8. The van der Waals surface area contributed by atoms with E-state index < -0.39 is 21.8 Å². The van der Waals surface area contributed by atoms with Crippen LogP contribution in [0.25, 0.3) is 0 Å². The van der Waals surface area contributed by atoms with E-state index in [2.05, 4.69) is 6.07 Å². The lowest BCUT2D eigenvalue weighted by molar-refractivity contribution is -0.903. The lowest BCUT2D eigenvalue weighted by Gasteiger charge is -2.31. The van der Waals surface area contributed by atoms with Gasteiger partial charge in [-0.25, -0.2) is 8.42 Å². The van der Waals surface area contributed by atoms with E-state index in [1.54, 1.807) is 0 Å². The highest BCUT2D eigenvalue weighted by molar-refractivity contribution is 7.89. The number of hydrogen-bond acceptors (Lipinski definition) is 3. The summed E-state index contributed by atoms with van der Waals surface area (Å²) in [5.41, 5.74) is -0.968. The third kappa shape index (κ3) is 4.47. The van der Waals surface area contributed by atoms with Gasteiger partial charge in [-0.15, -0.1) is 0 Å². The first-order chi connectivity index (χ1) is 11.2. The van der Waals surface area contributed by atoms with Crippen molar-refractivity contribution in [1.29, 1.82) is 5.26 Å². The summed E-state index contributed by atoms with van der Waals surface area (Å²) in [5, 5.41) is 8.52. The van der Waals surface area contributed by atoms with Crippen molar-refractivity contribution < 1.29 is 26.5 Å². The molecule has 1 heterocycles. The van der Waals surface area contributed by atoms with E-state index in [-0.39, 0.29) is 18.0 Å². The van der Waals surface area contributed by atoms with Crippen molar-refractivity contribution in [3.63, 3.8) is 0 Å². The van der Waals surface area contributed by atoms with Gasteiger partial charge in [-0.1, -0.05) is 6.07 Å². The highest BCUT2D eigenvalue weighted by Crippen LogP contribution is 2.31. The van der Waals surface area contributed by atoms with Gasteiger partial charge in [-0.2, -0.15) is 22.7 Å². The number of halogens is 3. The van der Waals surface area contributed by atoms with Crippen molar-refractivity contribution in [3.8, 4) is 6.07 Å². The number of nitrogens with zero attached hydrogens (tertiary/aromatic N) is 2. The normalized spacial score (nSPS) is 17.6. The van der Waals surface area contributed by atoms with Crippen LogP contribution >= 0.6 is 0 Å². The summed E-state index contributed by atoms with van der Waals surface area (Å²) < 4.78 is 64.6. The zero-order valence-electron chi connectivity index (χ0n) is 13.0. The zero-order valence-corrected chi connectivity index (χ0v) is 13.8. The molecule has 1 aliphatic rings. The van der Waals surface area contributed by atoms with Gasteiger partial charge in [0.25, 0.3) is 0 Å². The quantitative estimate of drug-likeness (QED) is 0.792. The molecule has 9 heteroatoms. The Bertz CT molecular complexity index is 705. The molecule has 2 rings (SSSR count). The smallest absolute Gasteiger partial charge is 0.333 e. The summed E-state index contributed by atoms with van der Waals surface area (Å²) in [6.07, 6.45) is -3.35. The molecule has 24 heavy (non-hydrogen) atoms. The maximum Gasteiger partial charge on any atom is 0.416 e. The maximum absolute atomic E-state index is 12.8. The van der Waals surface area contributed by atoms with Crippen LogP contribution in [0.2, 0.25) is 0 Å². The molecule has 0 bridgehead atoms. The van der Waals surface area contributed by atoms with Crippen molar-refractivity contribution in [2.75, 3.05) is 32.7 Å². The molecule has 1 aromatic rings. The lowest BCUT2D eigenvalue weighted by atomic mass is 10.2. The number of nitrogens with one attached hydrogen (secondary N) is 1. The molecule has 132 valence electrons. The molecule has 0 amide bonds. The van der Waals surface area contributed by atoms with Crippen LogP contribution in [0.4, 0.5) is 13.2 Å². The molecule has 1 N–H and O–H groups in total. The van der Waals surface area contributed by atoms with Gasteiger partial charge in [0.2, 0.25) is 10.0 Å². The predicted octanol–water partition coefficient (Wildman–Crippen LogP) is 0.898. The van der Waals surface area contributed by atoms with Crippen LogP contribution < -0.4 is 4.90 Å². The van der Waals surface area contributed by atoms with Gasteiger partial charge in [0, 0.05) is 12.8 Å². The van der Waals surface area contributed by atoms with Crippen molar-refractivity contribution in [2.45, 2.75) is 23.9 Å². The van der Waals surface area contributed by atoms with Crippen LogP contribution in [0.3, 0.4) is 0 Å². The first-order valence-corrected chi connectivity index (χ1v) is 9.07.